The fourth-order valence-corrected chi connectivity index (χ4v) is 6.44. The molecular formula is C32H53N5O6. The molecule has 3 heterocycles. The van der Waals surface area contributed by atoms with Crippen LogP contribution >= 0.6 is 0 Å². The van der Waals surface area contributed by atoms with Crippen LogP contribution in [-0.2, 0) is 38.4 Å². The third-order valence-electron chi connectivity index (χ3n) is 8.42. The van der Waals surface area contributed by atoms with Crippen LogP contribution in [-0.4, -0.2) is 113 Å². The average Bonchev–Trinajstić information content (AvgIpc) is 3.35. The van der Waals surface area contributed by atoms with Crippen LogP contribution in [0.2, 0.25) is 0 Å². The summed E-state index contributed by atoms with van der Waals surface area (Å²) in [5.41, 5.74) is 1.54. The number of hydrogen-bond acceptors (Lipinski definition) is 7. The van der Waals surface area contributed by atoms with Crippen LogP contribution in [0.5, 0.6) is 0 Å². The maximum absolute atomic E-state index is 14.6. The molecule has 0 spiro atoms. The average molecular weight is 604 g/mol. The number of carbonyl (C=O) groups is 3. The number of aryl methyl sites for hydroxylation is 1. The van der Waals surface area contributed by atoms with Crippen LogP contribution in [0.25, 0.3) is 0 Å². The zero-order chi connectivity index (χ0) is 31.1. The fraction of sp³-hybridized carbons (Fsp3) is 0.812. The van der Waals surface area contributed by atoms with Gasteiger partial charge < -0.3 is 33.5 Å². The molecule has 0 bridgehead atoms. The normalized spacial score (nSPS) is 21.1. The largest absolute Gasteiger partial charge is 0.444 e. The summed E-state index contributed by atoms with van der Waals surface area (Å²) in [6, 6.07) is -0.346. The highest BCUT2D eigenvalue weighted by molar-refractivity contribution is 5.91. The van der Waals surface area contributed by atoms with Gasteiger partial charge in [0.15, 0.2) is 5.82 Å². The Labute approximate surface area is 257 Å². The summed E-state index contributed by atoms with van der Waals surface area (Å²) in [5.74, 6) is 0.121. The lowest BCUT2D eigenvalue weighted by Gasteiger charge is -2.44. The highest BCUT2D eigenvalue weighted by Crippen LogP contribution is 2.29. The number of hydrogen-bond donors (Lipinski definition) is 0. The molecule has 0 aromatic carbocycles. The number of ether oxygens (including phenoxy) is 3. The third-order valence-corrected chi connectivity index (χ3v) is 8.42. The third kappa shape index (κ3) is 8.71. The monoisotopic (exact) mass is 603 g/mol. The molecule has 242 valence electrons. The molecule has 3 aliphatic rings. The van der Waals surface area contributed by atoms with Crippen molar-refractivity contribution in [1.29, 1.82) is 0 Å². The predicted octanol–water partition coefficient (Wildman–Crippen LogP) is 3.77. The Morgan fingerprint density at radius 1 is 1.05 bits per heavy atom. The Morgan fingerprint density at radius 2 is 1.77 bits per heavy atom. The number of imidazole rings is 1. The minimum atomic E-state index is -0.673. The Kier molecular flexibility index (Phi) is 11.5. The van der Waals surface area contributed by atoms with Gasteiger partial charge in [0.25, 0.3) is 5.91 Å². The highest BCUT2D eigenvalue weighted by Gasteiger charge is 2.42. The maximum Gasteiger partial charge on any atom is 0.410 e. The molecule has 0 unspecified atom stereocenters. The van der Waals surface area contributed by atoms with Gasteiger partial charge in [0.2, 0.25) is 5.91 Å². The second-order valence-electron chi connectivity index (χ2n) is 13.6. The first-order valence-corrected chi connectivity index (χ1v) is 16.2. The molecule has 0 radical (unpaired) electrons. The molecule has 2 fully saturated rings. The van der Waals surface area contributed by atoms with E-state index in [1.165, 1.54) is 5.69 Å². The van der Waals surface area contributed by atoms with E-state index in [4.69, 9.17) is 19.2 Å². The molecule has 2 saturated heterocycles. The molecule has 11 nitrogen and oxygen atoms in total. The predicted molar refractivity (Wildman–Crippen MR) is 163 cm³/mol. The quantitative estimate of drug-likeness (QED) is 0.375. The van der Waals surface area contributed by atoms with Crippen LogP contribution < -0.4 is 0 Å². The van der Waals surface area contributed by atoms with Crippen LogP contribution in [0.3, 0.4) is 0 Å². The van der Waals surface area contributed by atoms with Crippen LogP contribution in [0.1, 0.15) is 88.7 Å². The van der Waals surface area contributed by atoms with E-state index >= 15 is 0 Å². The van der Waals surface area contributed by atoms with Gasteiger partial charge in [-0.1, -0.05) is 13.8 Å². The molecule has 3 amide bonds. The van der Waals surface area contributed by atoms with Gasteiger partial charge in [-0.3, -0.25) is 9.59 Å². The van der Waals surface area contributed by atoms with E-state index in [1.54, 1.807) is 12.0 Å². The van der Waals surface area contributed by atoms with Crippen molar-refractivity contribution in [2.45, 2.75) is 97.8 Å². The molecule has 1 aromatic rings. The second-order valence-corrected chi connectivity index (χ2v) is 13.6. The Bertz CT molecular complexity index is 1110. The number of amides is 3. The van der Waals surface area contributed by atoms with Gasteiger partial charge in [0.05, 0.1) is 30.9 Å². The van der Waals surface area contributed by atoms with Crippen LogP contribution in [0, 0.1) is 11.8 Å². The summed E-state index contributed by atoms with van der Waals surface area (Å²) >= 11 is 0. The number of likely N-dealkylation sites (tertiary alicyclic amines) is 1. The molecule has 1 aromatic heterocycles. The van der Waals surface area contributed by atoms with Gasteiger partial charge >= 0.3 is 6.09 Å². The summed E-state index contributed by atoms with van der Waals surface area (Å²) in [6.45, 7) is 14.3. The lowest BCUT2D eigenvalue weighted by atomic mass is 9.91. The van der Waals surface area contributed by atoms with E-state index < -0.39 is 17.6 Å². The minimum absolute atomic E-state index is 0.00797. The molecule has 4 rings (SSSR count). The van der Waals surface area contributed by atoms with E-state index in [2.05, 4.69) is 18.4 Å². The number of piperidine rings is 1. The van der Waals surface area contributed by atoms with Crippen molar-refractivity contribution in [3.05, 3.63) is 17.2 Å². The highest BCUT2D eigenvalue weighted by atomic mass is 16.6. The van der Waals surface area contributed by atoms with E-state index in [1.807, 2.05) is 30.6 Å². The number of fused-ring (bicyclic) bond motifs is 1. The summed E-state index contributed by atoms with van der Waals surface area (Å²) in [7, 11) is 1.71. The Balaban J connectivity index is 1.65. The van der Waals surface area contributed by atoms with Crippen LogP contribution in [0.4, 0.5) is 4.79 Å². The number of aromatic nitrogens is 2. The first-order chi connectivity index (χ1) is 20.5. The number of unbranched alkanes of at least 4 members (excludes halogenated alkanes) is 1. The van der Waals surface area contributed by atoms with Gasteiger partial charge in [-0.2, -0.15) is 0 Å². The summed E-state index contributed by atoms with van der Waals surface area (Å²) in [4.78, 5) is 52.0. The SMILES string of the molecule is COCCCCn1c(C(=O)N(CC(C)C)[C@H]2C[C@@H](C(=O)N3CCOCC3)CN(C(=O)OC(C)(C)C)C2)nc2c1CCCC2. The smallest absolute Gasteiger partial charge is 0.410 e. The number of carbonyl (C=O) groups excluding carboxylic acids is 3. The Hall–Kier alpha value is -2.66. The standard InChI is InChI=1S/C32H53N5O6/c1-23(2)20-37(30(39)28-33-26-11-7-8-12-27(26)36(28)13-9-10-16-41-6)25-19-24(29(38)34-14-17-42-18-15-34)21-35(22-25)31(40)43-32(3,4)5/h23-25H,7-22H2,1-6H3/t24-,25+/m1/s1. The summed E-state index contributed by atoms with van der Waals surface area (Å²) in [5, 5.41) is 0. The van der Waals surface area contributed by atoms with Crippen molar-refractivity contribution in [3.63, 3.8) is 0 Å². The van der Waals surface area contributed by atoms with Crippen molar-refractivity contribution < 1.29 is 28.6 Å². The summed E-state index contributed by atoms with van der Waals surface area (Å²) in [6.07, 6.45) is 5.83. The second kappa shape index (κ2) is 14.9. The van der Waals surface area contributed by atoms with Gasteiger partial charge in [-0.05, 0) is 71.6 Å². The van der Waals surface area contributed by atoms with E-state index in [9.17, 15) is 14.4 Å². The molecule has 0 N–H and O–H groups in total. The minimum Gasteiger partial charge on any atom is -0.444 e. The first kappa shape index (κ1) is 33.2. The zero-order valence-electron chi connectivity index (χ0n) is 27.2. The van der Waals surface area contributed by atoms with Crippen molar-refractivity contribution in [3.8, 4) is 0 Å². The lowest BCUT2D eigenvalue weighted by molar-refractivity contribution is -0.142. The molecule has 2 aliphatic heterocycles. The van der Waals surface area contributed by atoms with Crippen LogP contribution in [0.15, 0.2) is 0 Å². The Morgan fingerprint density at radius 3 is 2.44 bits per heavy atom. The van der Waals surface area contributed by atoms with E-state index in [0.29, 0.717) is 58.2 Å². The number of rotatable bonds is 10. The van der Waals surface area contributed by atoms with Gasteiger partial charge in [0, 0.05) is 58.7 Å². The molecular weight excluding hydrogens is 550 g/mol. The molecule has 1 aliphatic carbocycles. The van der Waals surface area contributed by atoms with Gasteiger partial charge in [-0.25, -0.2) is 9.78 Å². The fourth-order valence-electron chi connectivity index (χ4n) is 6.44. The first-order valence-electron chi connectivity index (χ1n) is 16.2. The van der Waals surface area contributed by atoms with Crippen molar-refractivity contribution >= 4 is 17.9 Å². The van der Waals surface area contributed by atoms with E-state index in [0.717, 1.165) is 50.8 Å². The number of morpholine rings is 1. The van der Waals surface area contributed by atoms with Crippen molar-refractivity contribution in [2.24, 2.45) is 11.8 Å². The lowest BCUT2D eigenvalue weighted by Crippen LogP contribution is -2.58. The number of nitrogens with zero attached hydrogens (tertiary/aromatic N) is 5. The molecule has 43 heavy (non-hydrogen) atoms. The van der Waals surface area contributed by atoms with Gasteiger partial charge in [-0.15, -0.1) is 0 Å². The zero-order valence-corrected chi connectivity index (χ0v) is 27.2. The van der Waals surface area contributed by atoms with Crippen molar-refractivity contribution in [2.75, 3.05) is 59.7 Å². The summed E-state index contributed by atoms with van der Waals surface area (Å²) < 4.78 is 18.6. The topological polar surface area (TPSA) is 106 Å². The molecule has 0 saturated carbocycles. The number of methoxy groups -OCH3 is 1. The molecule has 2 atom stereocenters. The van der Waals surface area contributed by atoms with Gasteiger partial charge in [0.1, 0.15) is 5.60 Å². The molecule has 11 heteroatoms. The van der Waals surface area contributed by atoms with Crippen molar-refractivity contribution in [1.82, 2.24) is 24.3 Å². The van der Waals surface area contributed by atoms with E-state index in [-0.39, 0.29) is 30.3 Å². The maximum atomic E-state index is 14.6.